The summed E-state index contributed by atoms with van der Waals surface area (Å²) >= 11 is 0. The lowest BCUT2D eigenvalue weighted by atomic mass is 9.85. The average Bonchev–Trinajstić information content (AvgIpc) is 3.08. The van der Waals surface area contributed by atoms with Crippen LogP contribution >= 0.6 is 0 Å². The van der Waals surface area contributed by atoms with Gasteiger partial charge in [0.1, 0.15) is 0 Å². The van der Waals surface area contributed by atoms with Crippen molar-refractivity contribution in [1.29, 1.82) is 0 Å². The van der Waals surface area contributed by atoms with Crippen LogP contribution < -0.4 is 10.6 Å². The summed E-state index contributed by atoms with van der Waals surface area (Å²) in [5, 5.41) is 6.26. The van der Waals surface area contributed by atoms with Crippen molar-refractivity contribution >= 4 is 11.8 Å². The first-order valence-electron chi connectivity index (χ1n) is 9.28. The molecule has 0 atom stereocenters. The van der Waals surface area contributed by atoms with Crippen LogP contribution in [0.5, 0.6) is 0 Å². The Morgan fingerprint density at radius 3 is 2.54 bits per heavy atom. The normalized spacial score (nSPS) is 24.8. The summed E-state index contributed by atoms with van der Waals surface area (Å²) in [6.07, 6.45) is 5.16. The Labute approximate surface area is 144 Å². The van der Waals surface area contributed by atoms with Gasteiger partial charge in [0.25, 0.3) is 0 Å². The van der Waals surface area contributed by atoms with Gasteiger partial charge in [0.2, 0.25) is 11.8 Å². The Balaban J connectivity index is 1.52. The molecular formula is C17H30N4O3. The number of hydrogen-bond donors (Lipinski definition) is 2. The van der Waals surface area contributed by atoms with E-state index >= 15 is 0 Å². The van der Waals surface area contributed by atoms with Crippen LogP contribution in [0.25, 0.3) is 0 Å². The molecule has 3 saturated heterocycles. The quantitative estimate of drug-likeness (QED) is 0.728. The number of nitrogens with zero attached hydrogens (tertiary/aromatic N) is 2. The Kier molecular flexibility index (Phi) is 6.08. The highest BCUT2D eigenvalue weighted by molar-refractivity contribution is 5.85. The molecule has 7 nitrogen and oxygen atoms in total. The maximum atomic E-state index is 12.4. The number of likely N-dealkylation sites (tertiary alicyclic amines) is 1. The molecule has 7 heteroatoms. The molecule has 136 valence electrons. The van der Waals surface area contributed by atoms with E-state index in [-0.39, 0.29) is 23.9 Å². The lowest BCUT2D eigenvalue weighted by Crippen LogP contribution is -2.55. The minimum atomic E-state index is -0.0460. The van der Waals surface area contributed by atoms with E-state index in [2.05, 4.69) is 15.5 Å². The SMILES string of the molecule is O=C(CN1CCNCCC12CCOCC2)NCC(=O)N1CCCC1. The van der Waals surface area contributed by atoms with Crippen molar-refractivity contribution in [2.75, 3.05) is 59.0 Å². The third-order valence-corrected chi connectivity index (χ3v) is 5.65. The fourth-order valence-electron chi connectivity index (χ4n) is 4.10. The van der Waals surface area contributed by atoms with Gasteiger partial charge in [0.15, 0.2) is 0 Å². The predicted molar refractivity (Wildman–Crippen MR) is 90.7 cm³/mol. The molecule has 2 amide bonds. The zero-order valence-electron chi connectivity index (χ0n) is 14.5. The number of nitrogens with one attached hydrogen (secondary N) is 2. The number of hydrogen-bond acceptors (Lipinski definition) is 5. The second-order valence-corrected chi connectivity index (χ2v) is 7.12. The summed E-state index contributed by atoms with van der Waals surface area (Å²) in [6, 6.07) is 0. The first kappa shape index (κ1) is 17.6. The lowest BCUT2D eigenvalue weighted by molar-refractivity contribution is -0.133. The van der Waals surface area contributed by atoms with Crippen LogP contribution in [-0.2, 0) is 14.3 Å². The molecule has 3 aliphatic rings. The maximum Gasteiger partial charge on any atom is 0.241 e. The van der Waals surface area contributed by atoms with E-state index in [4.69, 9.17) is 4.74 Å². The second kappa shape index (κ2) is 8.27. The zero-order chi connectivity index (χ0) is 16.8. The molecule has 0 radical (unpaired) electrons. The molecule has 0 saturated carbocycles. The van der Waals surface area contributed by atoms with Crippen molar-refractivity contribution in [2.24, 2.45) is 0 Å². The third-order valence-electron chi connectivity index (χ3n) is 5.65. The largest absolute Gasteiger partial charge is 0.381 e. The average molecular weight is 338 g/mol. The van der Waals surface area contributed by atoms with Crippen molar-refractivity contribution < 1.29 is 14.3 Å². The molecule has 3 aliphatic heterocycles. The minimum absolute atomic E-state index is 0.0409. The van der Waals surface area contributed by atoms with E-state index in [0.717, 1.165) is 78.0 Å². The van der Waals surface area contributed by atoms with Crippen molar-refractivity contribution in [3.8, 4) is 0 Å². The minimum Gasteiger partial charge on any atom is -0.381 e. The van der Waals surface area contributed by atoms with Crippen LogP contribution in [0, 0.1) is 0 Å². The Morgan fingerprint density at radius 1 is 1.04 bits per heavy atom. The molecule has 3 rings (SSSR count). The van der Waals surface area contributed by atoms with E-state index in [0.29, 0.717) is 6.54 Å². The molecule has 0 aliphatic carbocycles. The molecule has 0 unspecified atom stereocenters. The van der Waals surface area contributed by atoms with E-state index in [1.807, 2.05) is 4.90 Å². The topological polar surface area (TPSA) is 73.9 Å². The third kappa shape index (κ3) is 4.26. The molecule has 2 N–H and O–H groups in total. The Morgan fingerprint density at radius 2 is 1.79 bits per heavy atom. The van der Waals surface area contributed by atoms with Crippen molar-refractivity contribution in [2.45, 2.75) is 37.6 Å². The molecule has 3 fully saturated rings. The van der Waals surface area contributed by atoms with Gasteiger partial charge in [-0.15, -0.1) is 0 Å². The van der Waals surface area contributed by atoms with Gasteiger partial charge in [-0.1, -0.05) is 0 Å². The molecular weight excluding hydrogens is 308 g/mol. The van der Waals surface area contributed by atoms with Crippen LogP contribution in [0.15, 0.2) is 0 Å². The molecule has 3 heterocycles. The number of ether oxygens (including phenoxy) is 1. The van der Waals surface area contributed by atoms with Crippen LogP contribution in [0.1, 0.15) is 32.1 Å². The van der Waals surface area contributed by atoms with Gasteiger partial charge < -0.3 is 20.3 Å². The molecule has 0 aromatic rings. The van der Waals surface area contributed by atoms with Gasteiger partial charge in [0, 0.05) is 44.9 Å². The monoisotopic (exact) mass is 338 g/mol. The Bertz CT molecular complexity index is 445. The Hall–Kier alpha value is -1.18. The molecule has 1 spiro atoms. The lowest BCUT2D eigenvalue weighted by Gasteiger charge is -2.45. The smallest absolute Gasteiger partial charge is 0.241 e. The maximum absolute atomic E-state index is 12.4. The summed E-state index contributed by atoms with van der Waals surface area (Å²) in [4.78, 5) is 28.6. The fourth-order valence-corrected chi connectivity index (χ4v) is 4.10. The molecule has 0 aromatic heterocycles. The molecule has 0 bridgehead atoms. The number of rotatable bonds is 4. The zero-order valence-corrected chi connectivity index (χ0v) is 14.5. The number of carbonyl (C=O) groups excluding carboxylic acids is 2. The van der Waals surface area contributed by atoms with Crippen molar-refractivity contribution in [1.82, 2.24) is 20.4 Å². The standard InChI is InChI=1S/C17H30N4O3/c22-15(19-13-16(23)20-8-1-2-9-20)14-21-10-7-18-6-3-17(21)4-11-24-12-5-17/h18H,1-14H2,(H,19,22). The van der Waals surface area contributed by atoms with Crippen LogP contribution in [0.2, 0.25) is 0 Å². The summed E-state index contributed by atoms with van der Waals surface area (Å²) < 4.78 is 5.53. The highest BCUT2D eigenvalue weighted by Gasteiger charge is 2.39. The van der Waals surface area contributed by atoms with Crippen LogP contribution in [0.4, 0.5) is 0 Å². The van der Waals surface area contributed by atoms with Gasteiger partial charge in [-0.25, -0.2) is 0 Å². The van der Waals surface area contributed by atoms with E-state index < -0.39 is 0 Å². The second-order valence-electron chi connectivity index (χ2n) is 7.12. The van der Waals surface area contributed by atoms with Crippen molar-refractivity contribution in [3.63, 3.8) is 0 Å². The highest BCUT2D eigenvalue weighted by atomic mass is 16.5. The van der Waals surface area contributed by atoms with Gasteiger partial charge in [-0.3, -0.25) is 14.5 Å². The molecule has 24 heavy (non-hydrogen) atoms. The van der Waals surface area contributed by atoms with Crippen molar-refractivity contribution in [3.05, 3.63) is 0 Å². The fraction of sp³-hybridized carbons (Fsp3) is 0.882. The predicted octanol–water partition coefficient (Wildman–Crippen LogP) is -0.430. The summed E-state index contributed by atoms with van der Waals surface area (Å²) in [5.41, 5.74) is 0.0675. The van der Waals surface area contributed by atoms with Gasteiger partial charge in [-0.2, -0.15) is 0 Å². The number of carbonyl (C=O) groups is 2. The van der Waals surface area contributed by atoms with Gasteiger partial charge in [0.05, 0.1) is 13.1 Å². The number of amides is 2. The van der Waals surface area contributed by atoms with Crippen LogP contribution in [0.3, 0.4) is 0 Å². The summed E-state index contributed by atoms with van der Waals surface area (Å²) in [6.45, 7) is 6.46. The van der Waals surface area contributed by atoms with E-state index in [1.165, 1.54) is 0 Å². The first-order valence-corrected chi connectivity index (χ1v) is 9.28. The highest BCUT2D eigenvalue weighted by Crippen LogP contribution is 2.31. The van der Waals surface area contributed by atoms with E-state index in [9.17, 15) is 9.59 Å². The summed E-state index contributed by atoms with van der Waals surface area (Å²) in [7, 11) is 0. The first-order chi connectivity index (χ1) is 11.7. The summed E-state index contributed by atoms with van der Waals surface area (Å²) in [5.74, 6) is -0.00511. The van der Waals surface area contributed by atoms with Gasteiger partial charge >= 0.3 is 0 Å². The van der Waals surface area contributed by atoms with Gasteiger partial charge in [-0.05, 0) is 38.6 Å². The molecule has 0 aromatic carbocycles. The van der Waals surface area contributed by atoms with Crippen LogP contribution in [-0.4, -0.2) is 86.2 Å². The van der Waals surface area contributed by atoms with E-state index in [1.54, 1.807) is 0 Å².